The highest BCUT2D eigenvalue weighted by Crippen LogP contribution is 2.18. The smallest absolute Gasteiger partial charge is 0.271 e. The van der Waals surface area contributed by atoms with Gasteiger partial charge in [0.2, 0.25) is 5.91 Å². The van der Waals surface area contributed by atoms with E-state index in [4.69, 9.17) is 0 Å². The zero-order valence-corrected chi connectivity index (χ0v) is 9.87. The van der Waals surface area contributed by atoms with E-state index >= 15 is 0 Å². The number of amides is 1. The molecular weight excluding hydrogens is 238 g/mol. The van der Waals surface area contributed by atoms with Crippen molar-refractivity contribution in [3.8, 4) is 0 Å². The Hall–Kier alpha value is -1.69. The summed E-state index contributed by atoms with van der Waals surface area (Å²) in [7, 11) is 0. The Morgan fingerprint density at radius 2 is 2.41 bits per heavy atom. The first-order valence-corrected chi connectivity index (χ1v) is 6.34. The van der Waals surface area contributed by atoms with Gasteiger partial charge in [0.15, 0.2) is 0 Å². The summed E-state index contributed by atoms with van der Waals surface area (Å²) in [5, 5.41) is 4.68. The van der Waals surface area contributed by atoms with Crippen LogP contribution in [0.25, 0.3) is 10.2 Å². The first-order chi connectivity index (χ1) is 8.24. The molecule has 0 spiro atoms. The van der Waals surface area contributed by atoms with Crippen molar-refractivity contribution in [2.24, 2.45) is 0 Å². The van der Waals surface area contributed by atoms with Gasteiger partial charge in [0.1, 0.15) is 11.2 Å². The Kier molecular flexibility index (Phi) is 2.44. The molecule has 1 saturated carbocycles. The van der Waals surface area contributed by atoms with Crippen LogP contribution >= 0.6 is 11.3 Å². The molecule has 1 aliphatic rings. The summed E-state index contributed by atoms with van der Waals surface area (Å²) >= 11 is 1.35. The van der Waals surface area contributed by atoms with Gasteiger partial charge in [-0.3, -0.25) is 14.2 Å². The number of nitrogens with one attached hydrogen (secondary N) is 1. The van der Waals surface area contributed by atoms with Gasteiger partial charge in [-0.05, 0) is 24.3 Å². The minimum Gasteiger partial charge on any atom is -0.352 e. The molecule has 2 aromatic heterocycles. The van der Waals surface area contributed by atoms with Crippen LogP contribution in [-0.4, -0.2) is 21.5 Å². The minimum absolute atomic E-state index is 0.0518. The van der Waals surface area contributed by atoms with Crippen molar-refractivity contribution in [2.45, 2.75) is 25.4 Å². The van der Waals surface area contributed by atoms with E-state index in [1.54, 1.807) is 6.07 Å². The third-order valence-corrected chi connectivity index (χ3v) is 3.58. The van der Waals surface area contributed by atoms with Crippen LogP contribution in [0.15, 0.2) is 22.6 Å². The van der Waals surface area contributed by atoms with Crippen LogP contribution in [0.1, 0.15) is 12.8 Å². The first kappa shape index (κ1) is 10.5. The molecule has 5 nitrogen and oxygen atoms in total. The predicted molar refractivity (Wildman–Crippen MR) is 65.0 cm³/mol. The van der Waals surface area contributed by atoms with Crippen molar-refractivity contribution in [2.75, 3.05) is 0 Å². The summed E-state index contributed by atoms with van der Waals surface area (Å²) in [5.74, 6) is -0.118. The normalized spacial score (nSPS) is 15.1. The summed E-state index contributed by atoms with van der Waals surface area (Å²) < 4.78 is 1.96. The monoisotopic (exact) mass is 249 g/mol. The zero-order valence-electron chi connectivity index (χ0n) is 9.05. The number of hydrogen-bond acceptors (Lipinski definition) is 4. The highest BCUT2D eigenvalue weighted by Gasteiger charge is 2.23. The van der Waals surface area contributed by atoms with E-state index in [2.05, 4.69) is 10.3 Å². The van der Waals surface area contributed by atoms with Crippen LogP contribution < -0.4 is 10.9 Å². The molecule has 6 heteroatoms. The van der Waals surface area contributed by atoms with Crippen LogP contribution in [0.4, 0.5) is 0 Å². The molecule has 1 fully saturated rings. The minimum atomic E-state index is -0.143. The molecule has 0 aromatic carbocycles. The zero-order chi connectivity index (χ0) is 11.8. The molecule has 1 amide bonds. The number of carbonyl (C=O) groups excluding carboxylic acids is 1. The maximum absolute atomic E-state index is 12.0. The Labute approximate surface area is 101 Å². The second kappa shape index (κ2) is 3.96. The number of aromatic nitrogens is 2. The van der Waals surface area contributed by atoms with Crippen LogP contribution in [0.5, 0.6) is 0 Å². The topological polar surface area (TPSA) is 64.0 Å². The Balaban J connectivity index is 1.86. The van der Waals surface area contributed by atoms with Crippen molar-refractivity contribution in [3.05, 3.63) is 28.1 Å². The summed E-state index contributed by atoms with van der Waals surface area (Å²) in [6.07, 6.45) is 3.52. The number of fused-ring (bicyclic) bond motifs is 1. The standard InChI is InChI=1S/C11H11N3O2S/c15-9(13-7-1-2-7)5-14-6-12-8-3-4-17-10(8)11(14)16/h3-4,6-7H,1-2,5H2,(H,13,15). The molecule has 2 aromatic rings. The van der Waals surface area contributed by atoms with Crippen molar-refractivity contribution >= 4 is 27.5 Å². The molecule has 0 atom stereocenters. The second-order valence-electron chi connectivity index (χ2n) is 4.15. The Morgan fingerprint density at radius 1 is 1.59 bits per heavy atom. The highest BCUT2D eigenvalue weighted by atomic mass is 32.1. The summed E-state index contributed by atoms with van der Waals surface area (Å²) in [6, 6.07) is 2.12. The summed E-state index contributed by atoms with van der Waals surface area (Å²) in [6.45, 7) is 0.0518. The lowest BCUT2D eigenvalue weighted by atomic mass is 10.4. The number of rotatable bonds is 3. The van der Waals surface area contributed by atoms with Gasteiger partial charge in [-0.15, -0.1) is 11.3 Å². The van der Waals surface area contributed by atoms with Gasteiger partial charge < -0.3 is 5.32 Å². The van der Waals surface area contributed by atoms with Crippen molar-refractivity contribution in [1.82, 2.24) is 14.9 Å². The molecule has 0 aliphatic heterocycles. The molecule has 0 unspecified atom stereocenters. The van der Waals surface area contributed by atoms with E-state index in [-0.39, 0.29) is 18.0 Å². The van der Waals surface area contributed by atoms with Gasteiger partial charge in [-0.2, -0.15) is 0 Å². The van der Waals surface area contributed by atoms with Gasteiger partial charge in [-0.1, -0.05) is 0 Å². The van der Waals surface area contributed by atoms with E-state index in [1.165, 1.54) is 22.2 Å². The average Bonchev–Trinajstić information content (AvgIpc) is 2.97. The largest absolute Gasteiger partial charge is 0.352 e. The number of nitrogens with zero attached hydrogens (tertiary/aromatic N) is 2. The second-order valence-corrected chi connectivity index (χ2v) is 5.07. The van der Waals surface area contributed by atoms with Crippen LogP contribution in [-0.2, 0) is 11.3 Å². The summed E-state index contributed by atoms with van der Waals surface area (Å²) in [4.78, 5) is 27.7. The fourth-order valence-electron chi connectivity index (χ4n) is 1.65. The lowest BCUT2D eigenvalue weighted by molar-refractivity contribution is -0.121. The van der Waals surface area contributed by atoms with Crippen LogP contribution in [0.2, 0.25) is 0 Å². The molecule has 0 bridgehead atoms. The highest BCUT2D eigenvalue weighted by molar-refractivity contribution is 7.17. The maximum atomic E-state index is 12.0. The predicted octanol–water partition coefficient (Wildman–Crippen LogP) is 0.737. The molecule has 0 saturated heterocycles. The number of thiophene rings is 1. The number of hydrogen-bond donors (Lipinski definition) is 1. The van der Waals surface area contributed by atoms with E-state index in [0.717, 1.165) is 12.8 Å². The van der Waals surface area contributed by atoms with Gasteiger partial charge in [0.25, 0.3) is 5.56 Å². The molecular formula is C11H11N3O2S. The van der Waals surface area contributed by atoms with Gasteiger partial charge in [0.05, 0.1) is 11.8 Å². The van der Waals surface area contributed by atoms with Gasteiger partial charge in [-0.25, -0.2) is 4.98 Å². The average molecular weight is 249 g/mol. The van der Waals surface area contributed by atoms with E-state index in [0.29, 0.717) is 16.3 Å². The molecule has 1 N–H and O–H groups in total. The van der Waals surface area contributed by atoms with Crippen LogP contribution in [0.3, 0.4) is 0 Å². The molecule has 0 radical (unpaired) electrons. The fraction of sp³-hybridized carbons (Fsp3) is 0.364. The SMILES string of the molecule is O=C(Cn1cnc2ccsc2c1=O)NC1CC1. The van der Waals surface area contributed by atoms with Gasteiger partial charge >= 0.3 is 0 Å². The third kappa shape index (κ3) is 2.08. The van der Waals surface area contributed by atoms with E-state index < -0.39 is 0 Å². The van der Waals surface area contributed by atoms with E-state index in [1.807, 2.05) is 5.38 Å². The molecule has 88 valence electrons. The lowest BCUT2D eigenvalue weighted by Crippen LogP contribution is -2.33. The molecule has 17 heavy (non-hydrogen) atoms. The summed E-state index contributed by atoms with van der Waals surface area (Å²) in [5.41, 5.74) is 0.551. The van der Waals surface area contributed by atoms with E-state index in [9.17, 15) is 9.59 Å². The van der Waals surface area contributed by atoms with Crippen molar-refractivity contribution in [3.63, 3.8) is 0 Å². The molecule has 1 aliphatic carbocycles. The van der Waals surface area contributed by atoms with Gasteiger partial charge in [0, 0.05) is 6.04 Å². The third-order valence-electron chi connectivity index (χ3n) is 2.69. The Morgan fingerprint density at radius 3 is 3.18 bits per heavy atom. The maximum Gasteiger partial charge on any atom is 0.271 e. The molecule has 3 rings (SSSR count). The van der Waals surface area contributed by atoms with Crippen LogP contribution in [0, 0.1) is 0 Å². The number of carbonyl (C=O) groups is 1. The fourth-order valence-corrected chi connectivity index (χ4v) is 2.44. The van der Waals surface area contributed by atoms with Crippen molar-refractivity contribution < 1.29 is 4.79 Å². The van der Waals surface area contributed by atoms with Crippen molar-refractivity contribution in [1.29, 1.82) is 0 Å². The lowest BCUT2D eigenvalue weighted by Gasteiger charge is -2.05. The Bertz CT molecular complexity index is 627. The first-order valence-electron chi connectivity index (χ1n) is 5.46. The quantitative estimate of drug-likeness (QED) is 0.872. The molecule has 2 heterocycles.